The second-order valence-corrected chi connectivity index (χ2v) is 15.1. The van der Waals surface area contributed by atoms with Crippen molar-refractivity contribution in [1.29, 1.82) is 0 Å². The molecule has 2 aliphatic rings. The van der Waals surface area contributed by atoms with Gasteiger partial charge in [0.15, 0.2) is 0 Å². The van der Waals surface area contributed by atoms with Crippen molar-refractivity contribution in [2.24, 2.45) is 0 Å². The zero-order valence-electron chi connectivity index (χ0n) is 35.0. The van der Waals surface area contributed by atoms with E-state index in [0.717, 1.165) is 59.1 Å². The molecule has 0 saturated carbocycles. The molecule has 8 rings (SSSR count). The van der Waals surface area contributed by atoms with Gasteiger partial charge in [0.1, 0.15) is 11.5 Å². The first-order valence-electron chi connectivity index (χ1n) is 19.1. The first-order valence-corrected chi connectivity index (χ1v) is 19.1. The Hall–Kier alpha value is -4.05. The van der Waals surface area contributed by atoms with Gasteiger partial charge in [0, 0.05) is 82.0 Å². The molecule has 0 bridgehead atoms. The summed E-state index contributed by atoms with van der Waals surface area (Å²) < 4.78 is 12.6. The molecule has 2 aliphatic carbocycles. The van der Waals surface area contributed by atoms with Gasteiger partial charge in [0.25, 0.3) is 0 Å². The van der Waals surface area contributed by atoms with Gasteiger partial charge in [-0.2, -0.15) is 0 Å². The smallest absolute Gasteiger partial charge is 0.343 e. The molecule has 0 saturated heterocycles. The number of ether oxygens (including phenoxy) is 2. The van der Waals surface area contributed by atoms with E-state index < -0.39 is 17.4 Å². The van der Waals surface area contributed by atoms with Gasteiger partial charge in [-0.3, -0.25) is 0 Å². The fourth-order valence-electron chi connectivity index (χ4n) is 8.27. The minimum Gasteiger partial charge on any atom is -0.423 e. The van der Waals surface area contributed by atoms with Gasteiger partial charge in [-0.1, -0.05) is 120 Å². The van der Waals surface area contributed by atoms with Crippen molar-refractivity contribution >= 4 is 36.2 Å². The number of carbonyl (C=O) groups excluding carboxylic acids is 2. The van der Waals surface area contributed by atoms with Crippen LogP contribution in [0, 0.1) is 42.5 Å². The van der Waals surface area contributed by atoms with Gasteiger partial charge >= 0.3 is 11.9 Å². The normalized spacial score (nSPS) is 13.1. The van der Waals surface area contributed by atoms with Gasteiger partial charge < -0.3 is 24.3 Å². The van der Waals surface area contributed by atoms with Crippen LogP contribution in [0.2, 0.25) is 0 Å². The molecule has 0 atom stereocenters. The average Bonchev–Trinajstić information content (AvgIpc) is 3.79. The van der Waals surface area contributed by atoms with Crippen LogP contribution < -0.4 is 9.47 Å². The van der Waals surface area contributed by atoms with E-state index in [0.29, 0.717) is 22.6 Å². The Morgan fingerprint density at radius 1 is 0.458 bits per heavy atom. The van der Waals surface area contributed by atoms with E-state index in [2.05, 4.69) is 88.4 Å². The summed E-state index contributed by atoms with van der Waals surface area (Å²) in [7, 11) is 0. The summed E-state index contributed by atoms with van der Waals surface area (Å²) in [5.41, 5.74) is 14.1. The van der Waals surface area contributed by atoms with Gasteiger partial charge in [0.2, 0.25) is 0 Å². The van der Waals surface area contributed by atoms with Gasteiger partial charge in [-0.25, -0.2) is 9.59 Å². The van der Waals surface area contributed by atoms with E-state index in [1.165, 1.54) is 33.4 Å². The molecule has 6 aromatic rings. The number of fused-ring (bicyclic) bond motifs is 4. The molecule has 294 valence electrons. The number of hydrogen-bond acceptors (Lipinski definition) is 4. The van der Waals surface area contributed by atoms with Crippen LogP contribution in [0.1, 0.15) is 100 Å². The number of carbonyl (C=O) groups is 2. The molecule has 0 aromatic heterocycles. The van der Waals surface area contributed by atoms with Crippen molar-refractivity contribution < 1.29 is 84.5 Å². The van der Waals surface area contributed by atoms with Crippen LogP contribution >= 0.6 is 0 Å². The van der Waals surface area contributed by atoms with Crippen molar-refractivity contribution in [3.8, 4) is 11.5 Å². The minimum atomic E-state index is -0.441. The topological polar surface area (TPSA) is 52.6 Å². The summed E-state index contributed by atoms with van der Waals surface area (Å²) in [5.74, 6) is 0.363. The molecule has 0 fully saturated rings. The first-order chi connectivity index (χ1) is 26.7. The maximum atomic E-state index is 13.7. The Labute approximate surface area is 401 Å². The Morgan fingerprint density at radius 2 is 0.763 bits per heavy atom. The Morgan fingerprint density at radius 3 is 1.08 bits per heavy atom. The van der Waals surface area contributed by atoms with E-state index in [-0.39, 0.29) is 80.3 Å². The first kappa shape index (κ1) is 47.6. The number of rotatable bonds is 8. The SMILES string of the molecule is Cc1ccc(/C=C/c2ccc(C(=O)Oc3ccc(C)c4c3C3(CC4)CCc4c(C)ccc(OC(=O)c5ccc(/C=C/c6ccc(C)cc6)cc5)c43)cc2)cc1.[CH3-].[CH3-].[Y].[Y]. The van der Waals surface area contributed by atoms with Crippen molar-refractivity contribution in [1.82, 2.24) is 0 Å². The molecule has 4 nitrogen and oxygen atoms in total. The molecule has 0 N–H and O–H groups in total. The minimum absolute atomic E-state index is 0. The van der Waals surface area contributed by atoms with E-state index in [1.807, 2.05) is 84.9 Å². The number of aryl methyl sites for hydroxylation is 4. The predicted molar refractivity (Wildman–Crippen MR) is 236 cm³/mol. The summed E-state index contributed by atoms with van der Waals surface area (Å²) in [4.78, 5) is 27.5. The molecule has 0 heterocycles. The quantitative estimate of drug-likeness (QED) is 0.0660. The van der Waals surface area contributed by atoms with E-state index in [1.54, 1.807) is 0 Å². The Kier molecular flexibility index (Phi) is 16.5. The fourth-order valence-corrected chi connectivity index (χ4v) is 8.27. The molecule has 0 aliphatic heterocycles. The molecular weight excluding hydrogens is 878 g/mol. The van der Waals surface area contributed by atoms with Crippen LogP contribution in [0.15, 0.2) is 121 Å². The zero-order valence-corrected chi connectivity index (χ0v) is 40.6. The maximum Gasteiger partial charge on any atom is 0.343 e. The van der Waals surface area contributed by atoms with Crippen LogP contribution in [0.3, 0.4) is 0 Å². The van der Waals surface area contributed by atoms with Crippen molar-refractivity contribution in [3.05, 3.63) is 214 Å². The molecule has 0 unspecified atom stereocenters. The Bertz CT molecular complexity index is 2300. The number of hydrogen-bond donors (Lipinski definition) is 0. The van der Waals surface area contributed by atoms with Crippen molar-refractivity contribution in [3.63, 3.8) is 0 Å². The number of esters is 2. The number of benzene rings is 6. The second kappa shape index (κ2) is 20.5. The molecule has 0 amide bonds. The van der Waals surface area contributed by atoms with Crippen molar-refractivity contribution in [2.75, 3.05) is 0 Å². The third kappa shape index (κ3) is 10.1. The van der Waals surface area contributed by atoms with Gasteiger partial charge in [-0.05, 0) is 134 Å². The molecule has 6 heteroatoms. The molecular formula is C53H50O4Y2-2. The van der Waals surface area contributed by atoms with Crippen LogP contribution in [0.25, 0.3) is 24.3 Å². The van der Waals surface area contributed by atoms with Crippen LogP contribution in [-0.4, -0.2) is 11.9 Å². The van der Waals surface area contributed by atoms with E-state index in [9.17, 15) is 9.59 Å². The predicted octanol–water partition coefficient (Wildman–Crippen LogP) is 12.8. The third-order valence-corrected chi connectivity index (χ3v) is 11.4. The van der Waals surface area contributed by atoms with Crippen LogP contribution in [0.4, 0.5) is 0 Å². The summed E-state index contributed by atoms with van der Waals surface area (Å²) in [5, 5.41) is 0. The van der Waals surface area contributed by atoms with Crippen LogP contribution in [-0.2, 0) is 83.7 Å². The summed E-state index contributed by atoms with van der Waals surface area (Å²) in [6, 6.07) is 39.7. The summed E-state index contributed by atoms with van der Waals surface area (Å²) >= 11 is 0. The molecule has 59 heavy (non-hydrogen) atoms. The van der Waals surface area contributed by atoms with Crippen molar-refractivity contribution in [2.45, 2.75) is 58.8 Å². The molecule has 1 spiro atoms. The monoisotopic (exact) mass is 928 g/mol. The summed E-state index contributed by atoms with van der Waals surface area (Å²) in [6.07, 6.45) is 11.6. The second-order valence-electron chi connectivity index (χ2n) is 15.1. The maximum absolute atomic E-state index is 13.7. The molecule has 2 radical (unpaired) electrons. The largest absolute Gasteiger partial charge is 0.423 e. The standard InChI is InChI=1S/C51H44O4.2CH3.2Y/c1-33-5-11-37(12-6-33)15-17-39-19-23-41(24-20-39)49(52)54-45-27-9-35(3)43-29-31-51(47(43)45)32-30-44-36(4)10-28-46(48(44)51)55-50(53)42-25-21-40(22-26-42)18-16-38-13-7-34(2)8-14-38;;;;/h5-28H,29-32H2,1-4H3;2*1H3;;/q;2*-1;;/b17-15+,18-16+;;;;. The van der Waals surface area contributed by atoms with Gasteiger partial charge in [-0.15, -0.1) is 0 Å². The zero-order chi connectivity index (χ0) is 38.1. The fraction of sp³-hybridized carbons (Fsp3) is 0.170. The summed E-state index contributed by atoms with van der Waals surface area (Å²) in [6.45, 7) is 8.40. The van der Waals surface area contributed by atoms with E-state index in [4.69, 9.17) is 9.47 Å². The van der Waals surface area contributed by atoms with E-state index >= 15 is 0 Å². The molecule has 6 aromatic carbocycles. The Balaban J connectivity index is 0.00000192. The van der Waals surface area contributed by atoms with Crippen LogP contribution in [0.5, 0.6) is 11.5 Å². The average molecular weight is 929 g/mol. The van der Waals surface area contributed by atoms with Gasteiger partial charge in [0.05, 0.1) is 11.1 Å². The third-order valence-electron chi connectivity index (χ3n) is 11.4.